The number of carbonyl (C=O) groups excluding carboxylic acids is 2. The van der Waals surface area contributed by atoms with Crippen LogP contribution in [0, 0.1) is 27.2 Å². The predicted octanol–water partition coefficient (Wildman–Crippen LogP) is 5.71. The van der Waals surface area contributed by atoms with Crippen molar-refractivity contribution in [2.24, 2.45) is 23.7 Å². The van der Waals surface area contributed by atoms with Gasteiger partial charge in [0.2, 0.25) is 11.8 Å². The van der Waals surface area contributed by atoms with Crippen LogP contribution >= 0.6 is 22.6 Å². The zero-order valence-electron chi connectivity index (χ0n) is 17.2. The minimum absolute atomic E-state index is 0.0526. The Morgan fingerprint density at radius 1 is 0.656 bits per heavy atom. The number of para-hydroxylation sites is 1. The van der Waals surface area contributed by atoms with Crippen molar-refractivity contribution in [3.63, 3.8) is 0 Å². The van der Waals surface area contributed by atoms with E-state index in [4.69, 9.17) is 0 Å². The van der Waals surface area contributed by atoms with E-state index in [0.717, 1.165) is 20.3 Å². The maximum absolute atomic E-state index is 13.6. The molecule has 1 heterocycles. The van der Waals surface area contributed by atoms with Gasteiger partial charge in [0.05, 0.1) is 17.5 Å². The highest BCUT2D eigenvalue weighted by molar-refractivity contribution is 14.1. The third kappa shape index (κ3) is 2.78. The quantitative estimate of drug-likeness (QED) is 0.248. The van der Waals surface area contributed by atoms with E-state index < -0.39 is 0 Å². The normalized spacial score (nSPS) is 25.5. The van der Waals surface area contributed by atoms with Gasteiger partial charge in [0.1, 0.15) is 0 Å². The largest absolute Gasteiger partial charge is 0.274 e. The number of rotatable bonds is 3. The first-order chi connectivity index (χ1) is 15.7. The number of nitrogens with zero attached hydrogens (tertiary/aromatic N) is 1. The monoisotopic (exact) mass is 529 g/mol. The molecule has 0 radical (unpaired) electrons. The van der Waals surface area contributed by atoms with E-state index in [1.54, 1.807) is 0 Å². The van der Waals surface area contributed by atoms with Crippen molar-refractivity contribution in [2.45, 2.75) is 0 Å². The lowest BCUT2D eigenvalue weighted by Gasteiger charge is -2.22. The van der Waals surface area contributed by atoms with Crippen molar-refractivity contribution in [1.29, 1.82) is 0 Å². The molecule has 0 unspecified atom stereocenters. The smallest absolute Gasteiger partial charge is 0.238 e. The van der Waals surface area contributed by atoms with E-state index in [1.165, 1.54) is 10.5 Å². The number of benzene rings is 3. The molecule has 4 atom stereocenters. The first-order valence-electron chi connectivity index (χ1n) is 10.8. The molecule has 0 spiro atoms. The molecular formula is C28H20INO2. The fourth-order valence-electron chi connectivity index (χ4n) is 5.68. The van der Waals surface area contributed by atoms with Crippen molar-refractivity contribution in [3.8, 4) is 0 Å². The summed E-state index contributed by atoms with van der Waals surface area (Å²) in [5.74, 6) is -0.902. The third-order valence-corrected chi connectivity index (χ3v) is 7.83. The van der Waals surface area contributed by atoms with Gasteiger partial charge in [-0.15, -0.1) is 0 Å². The number of allylic oxidation sites excluding steroid dienone is 3. The van der Waals surface area contributed by atoms with Gasteiger partial charge in [-0.3, -0.25) is 9.59 Å². The van der Waals surface area contributed by atoms with Crippen molar-refractivity contribution in [3.05, 3.63) is 117 Å². The van der Waals surface area contributed by atoms with Gasteiger partial charge in [-0.1, -0.05) is 84.9 Å². The zero-order chi connectivity index (χ0) is 21.8. The fraction of sp³-hybridized carbons (Fsp3) is 0.143. The first-order valence-corrected chi connectivity index (χ1v) is 11.9. The minimum atomic E-state index is -0.328. The minimum Gasteiger partial charge on any atom is -0.274 e. The molecule has 2 fully saturated rings. The van der Waals surface area contributed by atoms with Crippen LogP contribution in [0.3, 0.4) is 0 Å². The molecule has 2 amide bonds. The Hall–Kier alpha value is -2.99. The lowest BCUT2D eigenvalue weighted by atomic mass is 9.85. The number of hydrogen-bond acceptors (Lipinski definition) is 2. The molecule has 1 saturated heterocycles. The van der Waals surface area contributed by atoms with Crippen molar-refractivity contribution >= 4 is 45.7 Å². The molecule has 6 rings (SSSR count). The van der Waals surface area contributed by atoms with Crippen LogP contribution in [-0.4, -0.2) is 11.8 Å². The van der Waals surface area contributed by atoms with Gasteiger partial charge in [0.15, 0.2) is 0 Å². The summed E-state index contributed by atoms with van der Waals surface area (Å²) < 4.78 is 0.914. The van der Waals surface area contributed by atoms with Gasteiger partial charge in [0, 0.05) is 15.4 Å². The average Bonchev–Trinajstić information content (AvgIpc) is 3.46. The van der Waals surface area contributed by atoms with Crippen molar-refractivity contribution in [1.82, 2.24) is 0 Å². The van der Waals surface area contributed by atoms with E-state index in [2.05, 4.69) is 59.0 Å². The molecule has 4 heteroatoms. The standard InChI is InChI=1S/C28H20INO2/c29-21-13-7-8-14-22(21)30-27(31)25-19-15-16-20(26(25)28(30)32)24(19)23(17-9-3-1-4-10-17)18-11-5-2-6-12-18/h1-16,19-20,25-26H/t19-,20-,25-,26-/m0/s1. The maximum Gasteiger partial charge on any atom is 0.238 e. The molecule has 1 aliphatic heterocycles. The number of amides is 2. The molecule has 0 N–H and O–H groups in total. The van der Waals surface area contributed by atoms with Crippen LogP contribution in [0.15, 0.2) is 103 Å². The molecule has 0 aromatic heterocycles. The van der Waals surface area contributed by atoms with Gasteiger partial charge in [0.25, 0.3) is 0 Å². The molecule has 3 nitrogen and oxygen atoms in total. The molecular weight excluding hydrogens is 509 g/mol. The Kier molecular flexibility index (Phi) is 4.65. The van der Waals surface area contributed by atoms with Crippen LogP contribution in [-0.2, 0) is 9.59 Å². The number of imide groups is 1. The Morgan fingerprint density at radius 2 is 1.12 bits per heavy atom. The summed E-state index contributed by atoms with van der Waals surface area (Å²) in [6.45, 7) is 0. The summed E-state index contributed by atoms with van der Waals surface area (Å²) in [6, 6.07) is 28.3. The molecule has 156 valence electrons. The summed E-state index contributed by atoms with van der Waals surface area (Å²) in [6.07, 6.45) is 4.30. The molecule has 3 aliphatic rings. The Balaban J connectivity index is 1.50. The third-order valence-electron chi connectivity index (χ3n) is 6.92. The lowest BCUT2D eigenvalue weighted by molar-refractivity contribution is -0.122. The molecule has 32 heavy (non-hydrogen) atoms. The number of anilines is 1. The van der Waals surface area contributed by atoms with Crippen molar-refractivity contribution in [2.75, 3.05) is 4.90 Å². The second-order valence-corrected chi connectivity index (χ2v) is 9.68. The Morgan fingerprint density at radius 3 is 1.62 bits per heavy atom. The number of carbonyl (C=O) groups is 2. The summed E-state index contributed by atoms with van der Waals surface area (Å²) in [7, 11) is 0. The molecule has 2 aliphatic carbocycles. The topological polar surface area (TPSA) is 37.4 Å². The van der Waals surface area contributed by atoms with Crippen LogP contribution in [0.25, 0.3) is 5.57 Å². The van der Waals surface area contributed by atoms with Gasteiger partial charge in [-0.05, 0) is 57.0 Å². The summed E-state index contributed by atoms with van der Waals surface area (Å²) in [5.41, 5.74) is 5.32. The predicted molar refractivity (Wildman–Crippen MR) is 134 cm³/mol. The van der Waals surface area contributed by atoms with E-state index in [-0.39, 0.29) is 35.5 Å². The zero-order valence-corrected chi connectivity index (χ0v) is 19.3. The van der Waals surface area contributed by atoms with E-state index in [0.29, 0.717) is 5.69 Å². The number of fused-ring (bicyclic) bond motifs is 5. The molecule has 1 saturated carbocycles. The van der Waals surface area contributed by atoms with Crippen LogP contribution in [0.5, 0.6) is 0 Å². The summed E-state index contributed by atoms with van der Waals surface area (Å²) in [5, 5.41) is 0. The number of halogens is 1. The molecule has 3 aromatic carbocycles. The fourth-order valence-corrected chi connectivity index (χ4v) is 6.31. The van der Waals surface area contributed by atoms with E-state index >= 15 is 0 Å². The van der Waals surface area contributed by atoms with Gasteiger partial charge >= 0.3 is 0 Å². The van der Waals surface area contributed by atoms with Crippen LogP contribution in [0.4, 0.5) is 5.69 Å². The van der Waals surface area contributed by atoms with Crippen LogP contribution in [0.2, 0.25) is 0 Å². The number of hydrogen-bond donors (Lipinski definition) is 0. The first kappa shape index (κ1) is 19.7. The molecule has 2 bridgehead atoms. The Bertz CT molecular complexity index is 1220. The highest BCUT2D eigenvalue weighted by atomic mass is 127. The maximum atomic E-state index is 13.6. The summed E-state index contributed by atoms with van der Waals surface area (Å²) in [4.78, 5) is 28.7. The highest BCUT2D eigenvalue weighted by Crippen LogP contribution is 2.59. The molecule has 3 aromatic rings. The van der Waals surface area contributed by atoms with Gasteiger partial charge in [-0.2, -0.15) is 0 Å². The van der Waals surface area contributed by atoms with Crippen LogP contribution in [0.1, 0.15) is 11.1 Å². The second kappa shape index (κ2) is 7.55. The SMILES string of the molecule is O=C1[C@@H]2[C@@H](C(=O)N1c1ccccc1I)[C@H]1C=C[C@H]2C1=C(c1ccccc1)c1ccccc1. The lowest BCUT2D eigenvalue weighted by Crippen LogP contribution is -2.33. The van der Waals surface area contributed by atoms with E-state index in [1.807, 2.05) is 60.7 Å². The van der Waals surface area contributed by atoms with Gasteiger partial charge in [-0.25, -0.2) is 4.90 Å². The van der Waals surface area contributed by atoms with E-state index in [9.17, 15) is 9.59 Å². The van der Waals surface area contributed by atoms with Crippen molar-refractivity contribution < 1.29 is 9.59 Å². The summed E-state index contributed by atoms with van der Waals surface area (Å²) >= 11 is 2.20. The van der Waals surface area contributed by atoms with Gasteiger partial charge < -0.3 is 0 Å². The average molecular weight is 529 g/mol. The highest BCUT2D eigenvalue weighted by Gasteiger charge is 2.62. The van der Waals surface area contributed by atoms with Crippen LogP contribution < -0.4 is 4.90 Å². The second-order valence-electron chi connectivity index (χ2n) is 8.51. The Labute approximate surface area is 200 Å².